The molecular formula is C20H19N3O. The van der Waals surface area contributed by atoms with Crippen LogP contribution in [0.15, 0.2) is 54.7 Å². The molecule has 4 nitrogen and oxygen atoms in total. The predicted molar refractivity (Wildman–Crippen MR) is 96.0 cm³/mol. The Kier molecular flexibility index (Phi) is 3.95. The molecule has 0 saturated carbocycles. The van der Waals surface area contributed by atoms with Crippen molar-refractivity contribution >= 4 is 23.0 Å². The van der Waals surface area contributed by atoms with E-state index in [2.05, 4.69) is 46.3 Å². The Bertz CT molecular complexity index is 869. The van der Waals surface area contributed by atoms with E-state index in [0.717, 1.165) is 49.4 Å². The lowest BCUT2D eigenvalue weighted by atomic mass is 9.99. The predicted octanol–water partition coefficient (Wildman–Crippen LogP) is 3.71. The van der Waals surface area contributed by atoms with E-state index in [4.69, 9.17) is 4.98 Å². The number of aromatic nitrogens is 2. The Morgan fingerprint density at radius 1 is 1.00 bits per heavy atom. The van der Waals surface area contributed by atoms with Crippen molar-refractivity contribution < 1.29 is 4.79 Å². The van der Waals surface area contributed by atoms with Gasteiger partial charge in [-0.1, -0.05) is 36.4 Å². The van der Waals surface area contributed by atoms with Crippen molar-refractivity contribution in [1.29, 1.82) is 0 Å². The smallest absolute Gasteiger partial charge is 0.225 e. The van der Waals surface area contributed by atoms with Crippen LogP contribution in [0.2, 0.25) is 0 Å². The van der Waals surface area contributed by atoms with Crippen LogP contribution in [-0.4, -0.2) is 29.3 Å². The Morgan fingerprint density at radius 2 is 1.79 bits per heavy atom. The minimum Gasteiger partial charge on any atom is -0.341 e. The number of benzene rings is 2. The van der Waals surface area contributed by atoms with Gasteiger partial charge in [0.05, 0.1) is 5.69 Å². The van der Waals surface area contributed by atoms with Crippen LogP contribution in [0.5, 0.6) is 0 Å². The molecule has 120 valence electrons. The zero-order chi connectivity index (χ0) is 16.4. The van der Waals surface area contributed by atoms with E-state index in [0.29, 0.717) is 0 Å². The SMILES string of the molecule is O=CC1CCN(c2nccc(-c3ccc4ccccc4c3)n2)CC1. The first-order valence-electron chi connectivity index (χ1n) is 8.36. The molecular weight excluding hydrogens is 298 g/mol. The van der Waals surface area contributed by atoms with Crippen molar-refractivity contribution in [3.05, 3.63) is 54.7 Å². The molecule has 0 bridgehead atoms. The summed E-state index contributed by atoms with van der Waals surface area (Å²) < 4.78 is 0. The number of nitrogens with zero attached hydrogens (tertiary/aromatic N) is 3. The van der Waals surface area contributed by atoms with E-state index in [1.54, 1.807) is 0 Å². The summed E-state index contributed by atoms with van der Waals surface area (Å²) in [7, 11) is 0. The average Bonchev–Trinajstić information content (AvgIpc) is 2.68. The maximum atomic E-state index is 10.9. The molecule has 2 aromatic carbocycles. The van der Waals surface area contributed by atoms with Crippen molar-refractivity contribution in [2.24, 2.45) is 5.92 Å². The highest BCUT2D eigenvalue weighted by atomic mass is 16.1. The maximum Gasteiger partial charge on any atom is 0.225 e. The van der Waals surface area contributed by atoms with Gasteiger partial charge in [0.2, 0.25) is 5.95 Å². The first-order chi connectivity index (χ1) is 11.8. The second-order valence-electron chi connectivity index (χ2n) is 6.26. The summed E-state index contributed by atoms with van der Waals surface area (Å²) in [6.45, 7) is 1.68. The van der Waals surface area contributed by atoms with Crippen LogP contribution >= 0.6 is 0 Å². The monoisotopic (exact) mass is 317 g/mol. The number of aldehydes is 1. The van der Waals surface area contributed by atoms with Gasteiger partial charge in [0.25, 0.3) is 0 Å². The highest BCUT2D eigenvalue weighted by Gasteiger charge is 2.20. The largest absolute Gasteiger partial charge is 0.341 e. The molecule has 2 heterocycles. The van der Waals surface area contributed by atoms with Gasteiger partial charge < -0.3 is 9.69 Å². The van der Waals surface area contributed by atoms with Crippen molar-refractivity contribution in [1.82, 2.24) is 9.97 Å². The van der Waals surface area contributed by atoms with Gasteiger partial charge in [0.1, 0.15) is 6.29 Å². The molecule has 0 amide bonds. The molecule has 0 unspecified atom stereocenters. The molecule has 0 atom stereocenters. The molecule has 0 aliphatic carbocycles. The van der Waals surface area contributed by atoms with Gasteiger partial charge in [-0.05, 0) is 35.7 Å². The molecule has 1 fully saturated rings. The molecule has 1 aliphatic heterocycles. The van der Waals surface area contributed by atoms with Gasteiger partial charge in [0.15, 0.2) is 0 Å². The first-order valence-corrected chi connectivity index (χ1v) is 8.36. The van der Waals surface area contributed by atoms with E-state index < -0.39 is 0 Å². The van der Waals surface area contributed by atoms with E-state index in [1.807, 2.05) is 18.3 Å². The number of anilines is 1. The number of carbonyl (C=O) groups is 1. The second kappa shape index (κ2) is 6.40. The fourth-order valence-electron chi connectivity index (χ4n) is 3.25. The fraction of sp³-hybridized carbons (Fsp3) is 0.250. The van der Waals surface area contributed by atoms with Gasteiger partial charge in [-0.15, -0.1) is 0 Å². The summed E-state index contributed by atoms with van der Waals surface area (Å²) in [4.78, 5) is 22.2. The summed E-state index contributed by atoms with van der Waals surface area (Å²) >= 11 is 0. The van der Waals surface area contributed by atoms with Crippen LogP contribution in [0, 0.1) is 5.92 Å². The number of piperidine rings is 1. The Balaban J connectivity index is 1.63. The van der Waals surface area contributed by atoms with Crippen LogP contribution in [0.4, 0.5) is 5.95 Å². The number of hydrogen-bond donors (Lipinski definition) is 0. The van der Waals surface area contributed by atoms with E-state index in [1.165, 1.54) is 10.8 Å². The third kappa shape index (κ3) is 2.87. The fourth-order valence-corrected chi connectivity index (χ4v) is 3.25. The Labute approximate surface area is 141 Å². The lowest BCUT2D eigenvalue weighted by Crippen LogP contribution is -2.35. The van der Waals surface area contributed by atoms with Gasteiger partial charge in [-0.3, -0.25) is 0 Å². The van der Waals surface area contributed by atoms with Gasteiger partial charge in [-0.25, -0.2) is 9.97 Å². The molecule has 1 saturated heterocycles. The number of rotatable bonds is 3. The molecule has 0 radical (unpaired) electrons. The molecule has 0 N–H and O–H groups in total. The van der Waals surface area contributed by atoms with Crippen molar-refractivity contribution in [3.8, 4) is 11.3 Å². The first kappa shape index (κ1) is 14.8. The number of carbonyl (C=O) groups excluding carboxylic acids is 1. The zero-order valence-corrected chi connectivity index (χ0v) is 13.4. The molecule has 3 aromatic rings. The lowest BCUT2D eigenvalue weighted by Gasteiger charge is -2.29. The van der Waals surface area contributed by atoms with Crippen LogP contribution < -0.4 is 4.90 Å². The highest BCUT2D eigenvalue weighted by molar-refractivity contribution is 5.86. The lowest BCUT2D eigenvalue weighted by molar-refractivity contribution is -0.111. The van der Waals surface area contributed by atoms with Crippen molar-refractivity contribution in [2.45, 2.75) is 12.8 Å². The molecule has 4 rings (SSSR count). The van der Waals surface area contributed by atoms with E-state index >= 15 is 0 Å². The van der Waals surface area contributed by atoms with Gasteiger partial charge in [0, 0.05) is 30.8 Å². The topological polar surface area (TPSA) is 46.1 Å². The van der Waals surface area contributed by atoms with E-state index in [9.17, 15) is 4.79 Å². The van der Waals surface area contributed by atoms with E-state index in [-0.39, 0.29) is 5.92 Å². The standard InChI is InChI=1S/C20H19N3O/c24-14-15-8-11-23(12-9-15)20-21-10-7-19(22-20)18-6-5-16-3-1-2-4-17(16)13-18/h1-7,10,13-15H,8-9,11-12H2. The van der Waals surface area contributed by atoms with Gasteiger partial charge >= 0.3 is 0 Å². The molecule has 1 aliphatic rings. The second-order valence-corrected chi connectivity index (χ2v) is 6.26. The minimum atomic E-state index is 0.185. The summed E-state index contributed by atoms with van der Waals surface area (Å²) in [6, 6.07) is 16.7. The third-order valence-electron chi connectivity index (χ3n) is 4.70. The quantitative estimate of drug-likeness (QED) is 0.691. The number of hydrogen-bond acceptors (Lipinski definition) is 4. The Hall–Kier alpha value is -2.75. The Morgan fingerprint density at radius 3 is 2.58 bits per heavy atom. The molecule has 0 spiro atoms. The molecule has 24 heavy (non-hydrogen) atoms. The van der Waals surface area contributed by atoms with Crippen LogP contribution in [0.3, 0.4) is 0 Å². The normalized spacial score (nSPS) is 15.6. The van der Waals surface area contributed by atoms with Crippen LogP contribution in [0.1, 0.15) is 12.8 Å². The van der Waals surface area contributed by atoms with Crippen molar-refractivity contribution in [2.75, 3.05) is 18.0 Å². The third-order valence-corrected chi connectivity index (χ3v) is 4.70. The van der Waals surface area contributed by atoms with Crippen LogP contribution in [-0.2, 0) is 4.79 Å². The summed E-state index contributed by atoms with van der Waals surface area (Å²) in [5.74, 6) is 0.940. The van der Waals surface area contributed by atoms with Gasteiger partial charge in [-0.2, -0.15) is 0 Å². The molecule has 4 heteroatoms. The highest BCUT2D eigenvalue weighted by Crippen LogP contribution is 2.25. The summed E-state index contributed by atoms with van der Waals surface area (Å²) in [6.07, 6.45) is 4.66. The minimum absolute atomic E-state index is 0.185. The average molecular weight is 317 g/mol. The number of fused-ring (bicyclic) bond motifs is 1. The summed E-state index contributed by atoms with van der Waals surface area (Å²) in [5.41, 5.74) is 2.03. The zero-order valence-electron chi connectivity index (χ0n) is 13.4. The maximum absolute atomic E-state index is 10.9. The van der Waals surface area contributed by atoms with Crippen molar-refractivity contribution in [3.63, 3.8) is 0 Å². The van der Waals surface area contributed by atoms with Crippen LogP contribution in [0.25, 0.3) is 22.0 Å². The molecule has 1 aromatic heterocycles. The summed E-state index contributed by atoms with van der Waals surface area (Å²) in [5, 5.41) is 2.44.